The second-order valence-corrected chi connectivity index (χ2v) is 5.15. The van der Waals surface area contributed by atoms with Crippen molar-refractivity contribution >= 4 is 0 Å². The molecule has 1 atom stereocenters. The van der Waals surface area contributed by atoms with Crippen molar-refractivity contribution in [1.82, 2.24) is 0 Å². The Morgan fingerprint density at radius 2 is 2.00 bits per heavy atom. The number of rotatable bonds is 6. The summed E-state index contributed by atoms with van der Waals surface area (Å²) in [6, 6.07) is 6.39. The van der Waals surface area contributed by atoms with Gasteiger partial charge in [0.2, 0.25) is 0 Å². The first-order chi connectivity index (χ1) is 8.04. The molecule has 0 heterocycles. The van der Waals surface area contributed by atoms with Gasteiger partial charge in [-0.25, -0.2) is 0 Å². The first-order valence-electron chi connectivity index (χ1n) is 6.38. The molecule has 0 saturated heterocycles. The summed E-state index contributed by atoms with van der Waals surface area (Å²) in [6.07, 6.45) is 3.00. The van der Waals surface area contributed by atoms with E-state index < -0.39 is 0 Å². The van der Waals surface area contributed by atoms with Gasteiger partial charge >= 0.3 is 0 Å². The summed E-state index contributed by atoms with van der Waals surface area (Å²) in [5.74, 6) is 2.08. The van der Waals surface area contributed by atoms with Crippen LogP contribution in [0.5, 0.6) is 5.75 Å². The van der Waals surface area contributed by atoms with E-state index in [4.69, 9.17) is 4.74 Å². The number of hydrogen-bond donors (Lipinski definition) is 0. The molecule has 1 rings (SSSR count). The quantitative estimate of drug-likeness (QED) is 0.645. The molecule has 0 aliphatic rings. The molecule has 1 aromatic rings. The average molecular weight is 232 g/mol. The van der Waals surface area contributed by atoms with E-state index in [0.29, 0.717) is 11.8 Å². The van der Waals surface area contributed by atoms with Gasteiger partial charge in [-0.1, -0.05) is 32.9 Å². The molecule has 1 unspecified atom stereocenters. The first kappa shape index (κ1) is 13.8. The summed E-state index contributed by atoms with van der Waals surface area (Å²) in [7, 11) is 0. The van der Waals surface area contributed by atoms with Crippen molar-refractivity contribution in [2.45, 2.75) is 40.0 Å². The van der Waals surface area contributed by atoms with Gasteiger partial charge in [0.1, 0.15) is 5.75 Å². The van der Waals surface area contributed by atoms with Crippen LogP contribution in [0.25, 0.3) is 0 Å². The molecule has 1 nitrogen and oxygen atoms in total. The van der Waals surface area contributed by atoms with E-state index in [2.05, 4.69) is 52.5 Å². The minimum absolute atomic E-state index is 0.534. The normalized spacial score (nSPS) is 12.5. The third kappa shape index (κ3) is 4.26. The summed E-state index contributed by atoms with van der Waals surface area (Å²) < 4.78 is 5.72. The lowest BCUT2D eigenvalue weighted by Gasteiger charge is -2.15. The zero-order chi connectivity index (χ0) is 12.8. The lowest BCUT2D eigenvalue weighted by Crippen LogP contribution is -2.05. The zero-order valence-corrected chi connectivity index (χ0v) is 11.5. The first-order valence-corrected chi connectivity index (χ1v) is 6.38. The maximum atomic E-state index is 5.72. The fraction of sp³-hybridized carbons (Fsp3) is 0.500. The molecule has 0 spiro atoms. The predicted molar refractivity (Wildman–Crippen MR) is 74.7 cm³/mol. The van der Waals surface area contributed by atoms with E-state index in [9.17, 15) is 0 Å². The summed E-state index contributed by atoms with van der Waals surface area (Å²) >= 11 is 0. The van der Waals surface area contributed by atoms with Gasteiger partial charge in [-0.15, -0.1) is 6.58 Å². The molecule has 0 aromatic heterocycles. The minimum atomic E-state index is 0.534. The molecule has 0 radical (unpaired) electrons. The van der Waals surface area contributed by atoms with Crippen LogP contribution in [0, 0.1) is 12.8 Å². The smallest absolute Gasteiger partial charge is 0.119 e. The number of ether oxygens (including phenoxy) is 1. The van der Waals surface area contributed by atoms with Crippen LogP contribution in [0.4, 0.5) is 0 Å². The number of allylic oxidation sites excluding steroid dienone is 1. The van der Waals surface area contributed by atoms with Crippen LogP contribution in [0.2, 0.25) is 0 Å². The Morgan fingerprint density at radius 1 is 1.29 bits per heavy atom. The maximum Gasteiger partial charge on any atom is 0.119 e. The molecule has 0 N–H and O–H groups in total. The molecule has 0 saturated carbocycles. The van der Waals surface area contributed by atoms with E-state index in [1.165, 1.54) is 11.1 Å². The second kappa shape index (κ2) is 6.48. The third-order valence-corrected chi connectivity index (χ3v) is 2.88. The lowest BCUT2D eigenvalue weighted by atomic mass is 9.94. The van der Waals surface area contributed by atoms with Gasteiger partial charge in [0.05, 0.1) is 6.61 Å². The Labute approximate surface area is 106 Å². The van der Waals surface area contributed by atoms with Crippen molar-refractivity contribution in [2.24, 2.45) is 5.92 Å². The highest BCUT2D eigenvalue weighted by molar-refractivity contribution is 5.36. The van der Waals surface area contributed by atoms with Gasteiger partial charge in [-0.2, -0.15) is 0 Å². The van der Waals surface area contributed by atoms with Crippen molar-refractivity contribution in [1.29, 1.82) is 0 Å². The highest BCUT2D eigenvalue weighted by atomic mass is 16.5. The van der Waals surface area contributed by atoms with E-state index in [0.717, 1.165) is 18.8 Å². The molecule has 0 aliphatic heterocycles. The van der Waals surface area contributed by atoms with Crippen LogP contribution in [0.3, 0.4) is 0 Å². The minimum Gasteiger partial charge on any atom is -0.493 e. The third-order valence-electron chi connectivity index (χ3n) is 2.88. The van der Waals surface area contributed by atoms with Crippen LogP contribution in [-0.4, -0.2) is 6.61 Å². The van der Waals surface area contributed by atoms with Crippen molar-refractivity contribution in [3.05, 3.63) is 42.0 Å². The molecule has 0 fully saturated rings. The van der Waals surface area contributed by atoms with Crippen molar-refractivity contribution in [3.63, 3.8) is 0 Å². The monoisotopic (exact) mass is 232 g/mol. The lowest BCUT2D eigenvalue weighted by molar-refractivity contribution is 0.271. The summed E-state index contributed by atoms with van der Waals surface area (Å²) in [5.41, 5.74) is 2.70. The van der Waals surface area contributed by atoms with Gasteiger partial charge < -0.3 is 4.74 Å². The highest BCUT2D eigenvalue weighted by Gasteiger charge is 2.08. The second-order valence-electron chi connectivity index (χ2n) is 5.15. The maximum absolute atomic E-state index is 5.72. The SMILES string of the molecule is C=CCC(C)c1ccc(OCC(C)C)cc1C. The van der Waals surface area contributed by atoms with Crippen LogP contribution in [-0.2, 0) is 0 Å². The van der Waals surface area contributed by atoms with Gasteiger partial charge in [0.15, 0.2) is 0 Å². The number of aryl methyl sites for hydroxylation is 1. The Kier molecular flexibility index (Phi) is 5.27. The Hall–Kier alpha value is -1.24. The molecule has 1 aromatic carbocycles. The van der Waals surface area contributed by atoms with Crippen LogP contribution in [0.1, 0.15) is 44.2 Å². The molecular formula is C16H24O. The molecule has 1 heteroatoms. The van der Waals surface area contributed by atoms with Gasteiger partial charge in [-0.05, 0) is 48.4 Å². The molecule has 94 valence electrons. The Morgan fingerprint density at radius 3 is 2.53 bits per heavy atom. The van der Waals surface area contributed by atoms with Gasteiger partial charge in [-0.3, -0.25) is 0 Å². The molecule has 0 amide bonds. The Bertz CT molecular complexity index is 366. The number of benzene rings is 1. The molecule has 17 heavy (non-hydrogen) atoms. The largest absolute Gasteiger partial charge is 0.493 e. The molecule has 0 bridgehead atoms. The van der Waals surface area contributed by atoms with Gasteiger partial charge in [0, 0.05) is 0 Å². The van der Waals surface area contributed by atoms with Crippen molar-refractivity contribution < 1.29 is 4.74 Å². The van der Waals surface area contributed by atoms with E-state index in [1.54, 1.807) is 0 Å². The fourth-order valence-corrected chi connectivity index (χ4v) is 1.93. The topological polar surface area (TPSA) is 9.23 Å². The van der Waals surface area contributed by atoms with E-state index in [-0.39, 0.29) is 0 Å². The van der Waals surface area contributed by atoms with Crippen LogP contribution >= 0.6 is 0 Å². The molecular weight excluding hydrogens is 208 g/mol. The number of hydrogen-bond acceptors (Lipinski definition) is 1. The predicted octanol–water partition coefficient (Wildman–Crippen LogP) is 4.71. The zero-order valence-electron chi connectivity index (χ0n) is 11.5. The van der Waals surface area contributed by atoms with Crippen molar-refractivity contribution in [3.8, 4) is 5.75 Å². The summed E-state index contributed by atoms with van der Waals surface area (Å²) in [4.78, 5) is 0. The standard InChI is InChI=1S/C16H24O/c1-6-7-13(4)16-9-8-15(10-14(16)5)17-11-12(2)3/h6,8-10,12-13H,1,7,11H2,2-5H3. The van der Waals surface area contributed by atoms with Crippen molar-refractivity contribution in [2.75, 3.05) is 6.61 Å². The highest BCUT2D eigenvalue weighted by Crippen LogP contribution is 2.26. The average Bonchev–Trinajstić information content (AvgIpc) is 2.26. The fourth-order valence-electron chi connectivity index (χ4n) is 1.93. The van der Waals surface area contributed by atoms with Crippen LogP contribution in [0.15, 0.2) is 30.9 Å². The van der Waals surface area contributed by atoms with Gasteiger partial charge in [0.25, 0.3) is 0 Å². The van der Waals surface area contributed by atoms with Crippen LogP contribution < -0.4 is 4.74 Å². The summed E-state index contributed by atoms with van der Waals surface area (Å²) in [5, 5.41) is 0. The van der Waals surface area contributed by atoms with E-state index in [1.807, 2.05) is 6.08 Å². The van der Waals surface area contributed by atoms with E-state index >= 15 is 0 Å². The molecule has 0 aliphatic carbocycles. The Balaban J connectivity index is 2.75. The summed E-state index contributed by atoms with van der Waals surface area (Å²) in [6.45, 7) is 13.3.